The highest BCUT2D eigenvalue weighted by molar-refractivity contribution is 6.31. The number of halogens is 1. The molecule has 26 heavy (non-hydrogen) atoms. The predicted octanol–water partition coefficient (Wildman–Crippen LogP) is 4.27. The van der Waals surface area contributed by atoms with Crippen LogP contribution in [0.2, 0.25) is 5.02 Å². The quantitative estimate of drug-likeness (QED) is 0.850. The minimum Gasteiger partial charge on any atom is -0.495 e. The number of carbonyl (C=O) groups is 2. The Bertz CT molecular complexity index is 829. The van der Waals surface area contributed by atoms with Crippen molar-refractivity contribution in [1.29, 1.82) is 0 Å². The number of ether oxygens (including phenoxy) is 1. The van der Waals surface area contributed by atoms with Crippen LogP contribution in [0.3, 0.4) is 0 Å². The summed E-state index contributed by atoms with van der Waals surface area (Å²) >= 11 is 6.13. The molecule has 0 spiro atoms. The highest BCUT2D eigenvalue weighted by atomic mass is 35.5. The molecule has 0 saturated carbocycles. The highest BCUT2D eigenvalue weighted by Gasteiger charge is 2.21. The first kappa shape index (κ1) is 19.8. The SMILES string of the molecule is COc1cc(Cl)c(C)cc1N(CC(=O)Nc1cc(C)cc(C)c1)C(C)=O. The lowest BCUT2D eigenvalue weighted by molar-refractivity contribution is -0.120. The van der Waals surface area contributed by atoms with Gasteiger partial charge in [-0.25, -0.2) is 0 Å². The standard InChI is InChI=1S/C20H23ClN2O3/c1-12-6-13(2)8-16(7-12)22-20(25)11-23(15(4)24)18-9-14(3)17(21)10-19(18)26-5/h6-10H,11H2,1-5H3,(H,22,25). The molecule has 2 aromatic carbocycles. The number of benzene rings is 2. The molecule has 0 bridgehead atoms. The van der Waals surface area contributed by atoms with Gasteiger partial charge in [0.15, 0.2) is 0 Å². The highest BCUT2D eigenvalue weighted by Crippen LogP contribution is 2.34. The van der Waals surface area contributed by atoms with Gasteiger partial charge in [0.1, 0.15) is 12.3 Å². The van der Waals surface area contributed by atoms with Crippen molar-refractivity contribution in [2.75, 3.05) is 23.9 Å². The molecular weight excluding hydrogens is 352 g/mol. The van der Waals surface area contributed by atoms with Gasteiger partial charge in [0.05, 0.1) is 12.8 Å². The van der Waals surface area contributed by atoms with Crippen LogP contribution in [0.25, 0.3) is 0 Å². The average molecular weight is 375 g/mol. The van der Waals surface area contributed by atoms with Gasteiger partial charge < -0.3 is 10.1 Å². The second kappa shape index (κ2) is 8.23. The summed E-state index contributed by atoms with van der Waals surface area (Å²) in [5.41, 5.74) is 4.12. The van der Waals surface area contributed by atoms with E-state index in [9.17, 15) is 9.59 Å². The molecule has 0 fully saturated rings. The van der Waals surface area contributed by atoms with Gasteiger partial charge in [-0.1, -0.05) is 17.7 Å². The molecule has 0 aliphatic rings. The lowest BCUT2D eigenvalue weighted by Crippen LogP contribution is -2.37. The molecule has 5 nitrogen and oxygen atoms in total. The van der Waals surface area contributed by atoms with E-state index in [0.717, 1.165) is 16.7 Å². The average Bonchev–Trinajstić information content (AvgIpc) is 2.53. The normalized spacial score (nSPS) is 10.4. The molecule has 0 saturated heterocycles. The lowest BCUT2D eigenvalue weighted by atomic mass is 10.1. The zero-order valence-corrected chi connectivity index (χ0v) is 16.4. The number of methoxy groups -OCH3 is 1. The van der Waals surface area contributed by atoms with E-state index < -0.39 is 0 Å². The third kappa shape index (κ3) is 4.76. The maximum absolute atomic E-state index is 12.5. The first-order chi connectivity index (χ1) is 12.2. The van der Waals surface area contributed by atoms with E-state index in [-0.39, 0.29) is 18.4 Å². The molecule has 0 atom stereocenters. The molecule has 0 aromatic heterocycles. The Hall–Kier alpha value is -2.53. The fourth-order valence-electron chi connectivity index (χ4n) is 2.78. The number of hydrogen-bond acceptors (Lipinski definition) is 3. The first-order valence-electron chi connectivity index (χ1n) is 8.21. The van der Waals surface area contributed by atoms with Crippen LogP contribution in [-0.2, 0) is 9.59 Å². The van der Waals surface area contributed by atoms with Crippen LogP contribution < -0.4 is 15.0 Å². The number of aryl methyl sites for hydroxylation is 3. The van der Waals surface area contributed by atoms with E-state index in [0.29, 0.717) is 22.1 Å². The number of carbonyl (C=O) groups excluding carboxylic acids is 2. The van der Waals surface area contributed by atoms with Crippen molar-refractivity contribution >= 4 is 34.8 Å². The minimum atomic E-state index is -0.292. The maximum Gasteiger partial charge on any atom is 0.244 e. The van der Waals surface area contributed by atoms with Crippen molar-refractivity contribution in [2.45, 2.75) is 27.7 Å². The van der Waals surface area contributed by atoms with Crippen LogP contribution in [0.4, 0.5) is 11.4 Å². The predicted molar refractivity (Wildman–Crippen MR) is 105 cm³/mol. The van der Waals surface area contributed by atoms with Crippen molar-refractivity contribution in [3.05, 3.63) is 52.0 Å². The van der Waals surface area contributed by atoms with Crippen LogP contribution in [0.5, 0.6) is 5.75 Å². The van der Waals surface area contributed by atoms with Gasteiger partial charge in [0, 0.05) is 23.7 Å². The molecule has 6 heteroatoms. The molecule has 2 amide bonds. The molecular formula is C20H23ClN2O3. The van der Waals surface area contributed by atoms with Crippen LogP contribution in [0, 0.1) is 20.8 Å². The summed E-state index contributed by atoms with van der Waals surface area (Å²) < 4.78 is 5.33. The fraction of sp³-hybridized carbons (Fsp3) is 0.300. The Morgan fingerprint density at radius 2 is 1.69 bits per heavy atom. The Morgan fingerprint density at radius 1 is 1.08 bits per heavy atom. The molecule has 0 heterocycles. The van der Waals surface area contributed by atoms with E-state index in [1.165, 1.54) is 18.9 Å². The smallest absolute Gasteiger partial charge is 0.244 e. The van der Waals surface area contributed by atoms with E-state index in [2.05, 4.69) is 5.32 Å². The van der Waals surface area contributed by atoms with Gasteiger partial charge in [0.2, 0.25) is 11.8 Å². The van der Waals surface area contributed by atoms with Gasteiger partial charge in [-0.2, -0.15) is 0 Å². The topological polar surface area (TPSA) is 58.6 Å². The minimum absolute atomic E-state index is 0.125. The van der Waals surface area contributed by atoms with Crippen LogP contribution >= 0.6 is 11.6 Å². The number of hydrogen-bond donors (Lipinski definition) is 1. The second-order valence-corrected chi connectivity index (χ2v) is 6.71. The maximum atomic E-state index is 12.5. The summed E-state index contributed by atoms with van der Waals surface area (Å²) in [6.45, 7) is 7.05. The number of nitrogens with zero attached hydrogens (tertiary/aromatic N) is 1. The van der Waals surface area contributed by atoms with Gasteiger partial charge in [-0.05, 0) is 55.7 Å². The van der Waals surface area contributed by atoms with Crippen LogP contribution in [0.1, 0.15) is 23.6 Å². The fourth-order valence-corrected chi connectivity index (χ4v) is 2.93. The molecule has 0 aliphatic carbocycles. The number of anilines is 2. The Balaban J connectivity index is 2.27. The largest absolute Gasteiger partial charge is 0.495 e. The van der Waals surface area contributed by atoms with Crippen LogP contribution in [0.15, 0.2) is 30.3 Å². The molecule has 0 aliphatic heterocycles. The number of rotatable bonds is 5. The third-order valence-corrected chi connectivity index (χ3v) is 4.35. The summed E-state index contributed by atoms with van der Waals surface area (Å²) in [6.07, 6.45) is 0. The molecule has 2 rings (SSSR count). The van der Waals surface area contributed by atoms with E-state index in [4.69, 9.17) is 16.3 Å². The van der Waals surface area contributed by atoms with E-state index in [1.807, 2.05) is 39.0 Å². The van der Waals surface area contributed by atoms with E-state index in [1.54, 1.807) is 12.1 Å². The first-order valence-corrected chi connectivity index (χ1v) is 8.59. The van der Waals surface area contributed by atoms with E-state index >= 15 is 0 Å². The van der Waals surface area contributed by atoms with Crippen LogP contribution in [-0.4, -0.2) is 25.5 Å². The van der Waals surface area contributed by atoms with Crippen molar-refractivity contribution < 1.29 is 14.3 Å². The molecule has 0 radical (unpaired) electrons. The Labute approximate surface area is 158 Å². The monoisotopic (exact) mass is 374 g/mol. The summed E-state index contributed by atoms with van der Waals surface area (Å²) in [4.78, 5) is 26.0. The summed E-state index contributed by atoms with van der Waals surface area (Å²) in [5.74, 6) is -0.115. The summed E-state index contributed by atoms with van der Waals surface area (Å²) in [6, 6.07) is 9.18. The van der Waals surface area contributed by atoms with Gasteiger partial charge in [-0.15, -0.1) is 0 Å². The zero-order chi connectivity index (χ0) is 19.4. The van der Waals surface area contributed by atoms with Gasteiger partial charge in [-0.3, -0.25) is 14.5 Å². The summed E-state index contributed by atoms with van der Waals surface area (Å²) in [7, 11) is 1.50. The summed E-state index contributed by atoms with van der Waals surface area (Å²) in [5, 5.41) is 3.38. The van der Waals surface area contributed by atoms with Gasteiger partial charge >= 0.3 is 0 Å². The number of nitrogens with one attached hydrogen (secondary N) is 1. The van der Waals surface area contributed by atoms with Crippen molar-refractivity contribution in [2.24, 2.45) is 0 Å². The zero-order valence-electron chi connectivity index (χ0n) is 15.6. The second-order valence-electron chi connectivity index (χ2n) is 6.30. The lowest BCUT2D eigenvalue weighted by Gasteiger charge is -2.23. The van der Waals surface area contributed by atoms with Crippen molar-refractivity contribution in [1.82, 2.24) is 0 Å². The molecule has 2 aromatic rings. The molecule has 1 N–H and O–H groups in total. The molecule has 138 valence electrons. The molecule has 0 unspecified atom stereocenters. The van der Waals surface area contributed by atoms with Crippen molar-refractivity contribution in [3.63, 3.8) is 0 Å². The third-order valence-electron chi connectivity index (χ3n) is 3.94. The van der Waals surface area contributed by atoms with Gasteiger partial charge in [0.25, 0.3) is 0 Å². The number of amides is 2. The van der Waals surface area contributed by atoms with Crippen molar-refractivity contribution in [3.8, 4) is 5.75 Å². The Morgan fingerprint density at radius 3 is 2.23 bits per heavy atom. The Kier molecular flexibility index (Phi) is 6.27.